The minimum atomic E-state index is 0.737. The van der Waals surface area contributed by atoms with Gasteiger partial charge in [0.15, 0.2) is 0 Å². The van der Waals surface area contributed by atoms with E-state index in [9.17, 15) is 0 Å². The van der Waals surface area contributed by atoms with Crippen molar-refractivity contribution in [3.05, 3.63) is 35.9 Å². The maximum absolute atomic E-state index is 2.39. The van der Waals surface area contributed by atoms with Gasteiger partial charge in [0, 0.05) is 0 Å². The van der Waals surface area contributed by atoms with Crippen LogP contribution in [0.5, 0.6) is 0 Å². The minimum Gasteiger partial charge on any atom is -0.0651 e. The molecule has 0 fully saturated rings. The lowest BCUT2D eigenvalue weighted by Gasteiger charge is -2.26. The molecule has 0 nitrogen and oxygen atoms in total. The number of hydrogen-bond acceptors (Lipinski definition) is 0. The third kappa shape index (κ3) is 3.66. The molecule has 3 atom stereocenters. The first kappa shape index (κ1) is 13.3. The molecule has 0 amide bonds. The van der Waals surface area contributed by atoms with Crippen LogP contribution in [0.4, 0.5) is 0 Å². The summed E-state index contributed by atoms with van der Waals surface area (Å²) in [7, 11) is 0. The van der Waals surface area contributed by atoms with Gasteiger partial charge >= 0.3 is 0 Å². The van der Waals surface area contributed by atoms with Gasteiger partial charge in [0.1, 0.15) is 0 Å². The van der Waals surface area contributed by atoms with Gasteiger partial charge in [0.2, 0.25) is 0 Å². The molecular formula is C16H26. The third-order valence-corrected chi connectivity index (χ3v) is 3.91. The van der Waals surface area contributed by atoms with Crippen molar-refractivity contribution in [3.8, 4) is 0 Å². The normalized spacial score (nSPS) is 16.8. The highest BCUT2D eigenvalue weighted by Gasteiger charge is 2.19. The van der Waals surface area contributed by atoms with E-state index in [-0.39, 0.29) is 0 Å². The molecule has 16 heavy (non-hydrogen) atoms. The van der Waals surface area contributed by atoms with E-state index >= 15 is 0 Å². The van der Waals surface area contributed by atoms with Crippen LogP contribution in [-0.2, 0) is 0 Å². The lowest BCUT2D eigenvalue weighted by Crippen LogP contribution is -2.12. The van der Waals surface area contributed by atoms with Gasteiger partial charge in [-0.3, -0.25) is 0 Å². The van der Waals surface area contributed by atoms with Gasteiger partial charge < -0.3 is 0 Å². The third-order valence-electron chi connectivity index (χ3n) is 3.91. The van der Waals surface area contributed by atoms with E-state index in [0.717, 1.165) is 17.8 Å². The predicted octanol–water partition coefficient (Wildman–Crippen LogP) is 5.25. The fourth-order valence-corrected chi connectivity index (χ4v) is 2.28. The van der Waals surface area contributed by atoms with Crippen molar-refractivity contribution < 1.29 is 0 Å². The molecule has 0 aliphatic carbocycles. The Kier molecular flexibility index (Phi) is 5.59. The molecule has 1 aromatic rings. The van der Waals surface area contributed by atoms with Crippen LogP contribution in [0.3, 0.4) is 0 Å². The molecule has 1 rings (SSSR count). The van der Waals surface area contributed by atoms with Gasteiger partial charge in [0.25, 0.3) is 0 Å². The van der Waals surface area contributed by atoms with Crippen LogP contribution in [0.15, 0.2) is 30.3 Å². The topological polar surface area (TPSA) is 0 Å². The summed E-state index contributed by atoms with van der Waals surface area (Å²) in [6, 6.07) is 11.0. The summed E-state index contributed by atoms with van der Waals surface area (Å²) in [6.45, 7) is 9.36. The molecule has 0 saturated carbocycles. The van der Waals surface area contributed by atoms with Gasteiger partial charge in [-0.1, -0.05) is 70.9 Å². The molecule has 0 aliphatic heterocycles. The van der Waals surface area contributed by atoms with Crippen molar-refractivity contribution >= 4 is 0 Å². The van der Waals surface area contributed by atoms with Crippen molar-refractivity contribution in [2.24, 2.45) is 11.8 Å². The lowest BCUT2D eigenvalue weighted by atomic mass is 9.79. The van der Waals surface area contributed by atoms with Crippen LogP contribution in [-0.4, -0.2) is 0 Å². The molecule has 90 valence electrons. The first-order valence-electron chi connectivity index (χ1n) is 6.73. The predicted molar refractivity (Wildman–Crippen MR) is 72.7 cm³/mol. The highest BCUT2D eigenvalue weighted by molar-refractivity contribution is 5.20. The standard InChI is InChI=1S/C16H26/c1-5-13(3)12-16(14(4)6-2)15-10-8-7-9-11-15/h7-11,13-14,16H,5-6,12H2,1-4H3. The SMILES string of the molecule is CCC(C)CC(c1ccccc1)C(C)CC. The molecule has 0 saturated heterocycles. The Labute approximate surface area is 101 Å². The Balaban J connectivity index is 2.79. The fraction of sp³-hybridized carbons (Fsp3) is 0.625. The van der Waals surface area contributed by atoms with Crippen molar-refractivity contribution in [2.75, 3.05) is 0 Å². The van der Waals surface area contributed by atoms with Crippen LogP contribution in [0.25, 0.3) is 0 Å². The molecule has 0 aliphatic rings. The molecular weight excluding hydrogens is 192 g/mol. The van der Waals surface area contributed by atoms with Crippen molar-refractivity contribution in [2.45, 2.75) is 52.9 Å². The van der Waals surface area contributed by atoms with Crippen molar-refractivity contribution in [3.63, 3.8) is 0 Å². The highest BCUT2D eigenvalue weighted by atomic mass is 14.2. The average molecular weight is 218 g/mol. The fourth-order valence-electron chi connectivity index (χ4n) is 2.28. The Morgan fingerprint density at radius 3 is 2.06 bits per heavy atom. The summed E-state index contributed by atoms with van der Waals surface area (Å²) >= 11 is 0. The van der Waals surface area contributed by atoms with E-state index < -0.39 is 0 Å². The maximum Gasteiger partial charge on any atom is -0.0134 e. The van der Waals surface area contributed by atoms with E-state index in [1.165, 1.54) is 24.8 Å². The van der Waals surface area contributed by atoms with E-state index in [0.29, 0.717) is 0 Å². The summed E-state index contributed by atoms with van der Waals surface area (Å²) in [6.07, 6.45) is 3.89. The number of rotatable bonds is 6. The molecule has 0 bridgehead atoms. The van der Waals surface area contributed by atoms with E-state index in [4.69, 9.17) is 0 Å². The van der Waals surface area contributed by atoms with E-state index in [1.54, 1.807) is 0 Å². The Bertz CT molecular complexity index is 275. The van der Waals surface area contributed by atoms with E-state index in [2.05, 4.69) is 58.0 Å². The van der Waals surface area contributed by atoms with Crippen molar-refractivity contribution in [1.82, 2.24) is 0 Å². The Hall–Kier alpha value is -0.780. The van der Waals surface area contributed by atoms with Crippen LogP contribution >= 0.6 is 0 Å². The number of hydrogen-bond donors (Lipinski definition) is 0. The zero-order chi connectivity index (χ0) is 12.0. The molecule has 0 heteroatoms. The summed E-state index contributed by atoms with van der Waals surface area (Å²) in [5.41, 5.74) is 1.53. The first-order valence-corrected chi connectivity index (χ1v) is 6.73. The molecule has 0 aromatic heterocycles. The summed E-state index contributed by atoms with van der Waals surface area (Å²) in [5.74, 6) is 2.36. The molecule has 0 spiro atoms. The maximum atomic E-state index is 2.39. The minimum absolute atomic E-state index is 0.737. The monoisotopic (exact) mass is 218 g/mol. The summed E-state index contributed by atoms with van der Waals surface area (Å²) < 4.78 is 0. The van der Waals surface area contributed by atoms with E-state index in [1.807, 2.05) is 0 Å². The highest BCUT2D eigenvalue weighted by Crippen LogP contribution is 2.33. The smallest absolute Gasteiger partial charge is 0.0134 e. The summed E-state index contributed by atoms with van der Waals surface area (Å²) in [4.78, 5) is 0. The second-order valence-electron chi connectivity index (χ2n) is 5.15. The van der Waals surface area contributed by atoms with Gasteiger partial charge in [-0.15, -0.1) is 0 Å². The van der Waals surface area contributed by atoms with Crippen LogP contribution < -0.4 is 0 Å². The van der Waals surface area contributed by atoms with Crippen LogP contribution in [0.1, 0.15) is 58.4 Å². The lowest BCUT2D eigenvalue weighted by molar-refractivity contribution is 0.359. The van der Waals surface area contributed by atoms with Crippen LogP contribution in [0.2, 0.25) is 0 Å². The second-order valence-corrected chi connectivity index (χ2v) is 5.15. The Morgan fingerprint density at radius 1 is 0.938 bits per heavy atom. The van der Waals surface area contributed by atoms with Crippen LogP contribution in [0, 0.1) is 11.8 Å². The molecule has 1 aromatic carbocycles. The molecule has 0 radical (unpaired) electrons. The van der Waals surface area contributed by atoms with Gasteiger partial charge in [-0.2, -0.15) is 0 Å². The summed E-state index contributed by atoms with van der Waals surface area (Å²) in [5, 5.41) is 0. The zero-order valence-electron chi connectivity index (χ0n) is 11.2. The molecule has 0 N–H and O–H groups in total. The average Bonchev–Trinajstić information content (AvgIpc) is 2.35. The quantitative estimate of drug-likeness (QED) is 0.611. The van der Waals surface area contributed by atoms with Gasteiger partial charge in [-0.25, -0.2) is 0 Å². The van der Waals surface area contributed by atoms with Gasteiger partial charge in [0.05, 0.1) is 0 Å². The zero-order valence-corrected chi connectivity index (χ0v) is 11.2. The van der Waals surface area contributed by atoms with Crippen molar-refractivity contribution in [1.29, 1.82) is 0 Å². The Morgan fingerprint density at radius 2 is 1.56 bits per heavy atom. The first-order chi connectivity index (χ1) is 7.69. The largest absolute Gasteiger partial charge is 0.0651 e. The van der Waals surface area contributed by atoms with Gasteiger partial charge in [-0.05, 0) is 29.7 Å². The number of benzene rings is 1. The second kappa shape index (κ2) is 6.73. The molecule has 3 unspecified atom stereocenters. The molecule has 0 heterocycles.